The number of thiazole rings is 1. The number of carboxylic acids is 1. The summed E-state index contributed by atoms with van der Waals surface area (Å²) < 4.78 is 0. The summed E-state index contributed by atoms with van der Waals surface area (Å²) >= 11 is 3.34. The lowest BCUT2D eigenvalue weighted by Gasteiger charge is -2.21. The van der Waals surface area contributed by atoms with Crippen LogP contribution in [0.15, 0.2) is 5.38 Å². The number of hydrogen-bond donors (Lipinski definition) is 2. The number of aryl methyl sites for hydroxylation is 1. The predicted octanol–water partition coefficient (Wildman–Crippen LogP) is 2.30. The number of aromatic nitrogens is 1. The van der Waals surface area contributed by atoms with Crippen molar-refractivity contribution >= 4 is 35.0 Å². The highest BCUT2D eigenvalue weighted by Gasteiger charge is 2.83. The Hall–Kier alpha value is -1.08. The molecule has 2 N–H and O–H groups in total. The number of hydrogen-bond acceptors (Lipinski definition) is 5. The molecule has 7 heteroatoms. The number of carbonyl (C=O) groups is 2. The van der Waals surface area contributed by atoms with E-state index in [4.69, 9.17) is 0 Å². The second kappa shape index (κ2) is 5.48. The second-order valence-electron chi connectivity index (χ2n) is 6.89. The molecule has 5 rings (SSSR count). The minimum absolute atomic E-state index is 0.00390. The van der Waals surface area contributed by atoms with E-state index in [0.717, 1.165) is 35.0 Å². The Bertz CT molecular complexity index is 648. The molecule has 1 heterocycles. The van der Waals surface area contributed by atoms with Crippen molar-refractivity contribution < 1.29 is 14.7 Å². The van der Waals surface area contributed by atoms with E-state index >= 15 is 0 Å². The minimum Gasteiger partial charge on any atom is -0.481 e. The van der Waals surface area contributed by atoms with Crippen molar-refractivity contribution in [1.82, 2.24) is 10.3 Å². The number of aliphatic carboxylic acids is 1. The molecule has 4 aliphatic carbocycles. The molecule has 23 heavy (non-hydrogen) atoms. The zero-order valence-electron chi connectivity index (χ0n) is 12.9. The fraction of sp³-hybridized carbons (Fsp3) is 0.688. The molecule has 1 amide bonds. The molecule has 4 fully saturated rings. The van der Waals surface area contributed by atoms with E-state index in [1.807, 2.05) is 6.92 Å². The Morgan fingerprint density at radius 1 is 1.48 bits per heavy atom. The minimum atomic E-state index is -0.703. The van der Waals surface area contributed by atoms with Gasteiger partial charge in [0.1, 0.15) is 0 Å². The SMILES string of the molecule is Cc1nc(CSCCC(=O)NC2C3CC4C(C3)C42C(=O)O)cs1. The summed E-state index contributed by atoms with van der Waals surface area (Å²) in [5.74, 6) is 1.88. The maximum Gasteiger partial charge on any atom is 0.312 e. The van der Waals surface area contributed by atoms with Crippen LogP contribution in [0.1, 0.15) is 30.0 Å². The fourth-order valence-electron chi connectivity index (χ4n) is 4.90. The van der Waals surface area contributed by atoms with Gasteiger partial charge in [0.15, 0.2) is 0 Å². The van der Waals surface area contributed by atoms with E-state index in [1.54, 1.807) is 23.1 Å². The third-order valence-electron chi connectivity index (χ3n) is 5.78. The zero-order valence-corrected chi connectivity index (χ0v) is 14.6. The van der Waals surface area contributed by atoms with Gasteiger partial charge in [0.2, 0.25) is 5.91 Å². The Balaban J connectivity index is 1.24. The first-order valence-electron chi connectivity index (χ1n) is 8.05. The third-order valence-corrected chi connectivity index (χ3v) is 7.59. The number of nitrogens with one attached hydrogen (secondary N) is 1. The zero-order chi connectivity index (χ0) is 16.2. The first-order chi connectivity index (χ1) is 11.0. The van der Waals surface area contributed by atoms with Crippen molar-refractivity contribution in [3.05, 3.63) is 16.1 Å². The summed E-state index contributed by atoms with van der Waals surface area (Å²) in [5, 5.41) is 15.7. The quantitative estimate of drug-likeness (QED) is 0.736. The molecule has 0 radical (unpaired) electrons. The first-order valence-corrected chi connectivity index (χ1v) is 10.1. The number of carbonyl (C=O) groups excluding carboxylic acids is 1. The standard InChI is InChI=1S/C16H20N2O3S2/c1-8-17-10(7-23-8)6-22-3-2-13(19)18-14-9-4-11-12(5-9)16(11,14)15(20)21/h7,9,11-12,14H,2-6H2,1H3,(H,18,19)(H,20,21). The Morgan fingerprint density at radius 3 is 2.83 bits per heavy atom. The molecular formula is C16H20N2O3S2. The van der Waals surface area contributed by atoms with Crippen LogP contribution in [0, 0.1) is 30.1 Å². The topological polar surface area (TPSA) is 79.3 Å². The lowest BCUT2D eigenvalue weighted by molar-refractivity contribution is -0.145. The smallest absolute Gasteiger partial charge is 0.312 e. The fourth-order valence-corrected chi connectivity index (χ4v) is 6.45. The monoisotopic (exact) mass is 352 g/mol. The van der Waals surface area contributed by atoms with Crippen LogP contribution in [0.5, 0.6) is 0 Å². The Morgan fingerprint density at radius 2 is 2.22 bits per heavy atom. The molecule has 0 spiro atoms. The van der Waals surface area contributed by atoms with Crippen LogP contribution in [-0.4, -0.2) is 33.8 Å². The molecule has 4 aliphatic rings. The first kappa shape index (κ1) is 15.4. The van der Waals surface area contributed by atoms with Crippen LogP contribution in [0.4, 0.5) is 0 Å². The molecular weight excluding hydrogens is 332 g/mol. The van der Waals surface area contributed by atoms with Gasteiger partial charge in [-0.15, -0.1) is 11.3 Å². The van der Waals surface area contributed by atoms with Crippen molar-refractivity contribution in [3.8, 4) is 0 Å². The molecule has 4 bridgehead atoms. The maximum atomic E-state index is 12.2. The second-order valence-corrected chi connectivity index (χ2v) is 9.06. The molecule has 124 valence electrons. The molecule has 0 aliphatic heterocycles. The van der Waals surface area contributed by atoms with Gasteiger partial charge in [-0.25, -0.2) is 4.98 Å². The van der Waals surface area contributed by atoms with E-state index in [0.29, 0.717) is 24.2 Å². The summed E-state index contributed by atoms with van der Waals surface area (Å²) in [6.07, 6.45) is 2.42. The van der Waals surface area contributed by atoms with Gasteiger partial charge in [-0.1, -0.05) is 0 Å². The number of amides is 1. The van der Waals surface area contributed by atoms with Gasteiger partial charge >= 0.3 is 5.97 Å². The molecule has 3 unspecified atom stereocenters. The molecule has 1 aromatic rings. The molecule has 0 saturated heterocycles. The number of nitrogens with zero attached hydrogens (tertiary/aromatic N) is 1. The summed E-state index contributed by atoms with van der Waals surface area (Å²) in [5.41, 5.74) is 0.450. The Kier molecular flexibility index (Phi) is 3.68. The van der Waals surface area contributed by atoms with Gasteiger partial charge in [0, 0.05) is 29.3 Å². The lowest BCUT2D eigenvalue weighted by atomic mass is 9.97. The van der Waals surface area contributed by atoms with E-state index in [1.165, 1.54) is 0 Å². The van der Waals surface area contributed by atoms with Crippen LogP contribution < -0.4 is 5.32 Å². The van der Waals surface area contributed by atoms with Gasteiger partial charge < -0.3 is 10.4 Å². The highest BCUT2D eigenvalue weighted by Crippen LogP contribution is 2.79. The van der Waals surface area contributed by atoms with Gasteiger partial charge in [-0.3, -0.25) is 9.59 Å². The van der Waals surface area contributed by atoms with Crippen LogP contribution >= 0.6 is 23.1 Å². The van der Waals surface area contributed by atoms with Crippen molar-refractivity contribution in [3.63, 3.8) is 0 Å². The third kappa shape index (κ3) is 2.31. The van der Waals surface area contributed by atoms with Crippen LogP contribution in [0.3, 0.4) is 0 Å². The van der Waals surface area contributed by atoms with E-state index in [-0.39, 0.29) is 11.9 Å². The van der Waals surface area contributed by atoms with E-state index < -0.39 is 11.4 Å². The molecule has 4 saturated carbocycles. The van der Waals surface area contributed by atoms with Crippen molar-refractivity contribution in [2.45, 2.75) is 38.0 Å². The van der Waals surface area contributed by atoms with E-state index in [9.17, 15) is 14.7 Å². The summed E-state index contributed by atoms with van der Waals surface area (Å²) in [7, 11) is 0. The predicted molar refractivity (Wildman–Crippen MR) is 89.3 cm³/mol. The molecule has 0 aromatic carbocycles. The van der Waals surface area contributed by atoms with Crippen LogP contribution in [-0.2, 0) is 15.3 Å². The van der Waals surface area contributed by atoms with E-state index in [2.05, 4.69) is 15.7 Å². The largest absolute Gasteiger partial charge is 0.481 e. The average molecular weight is 352 g/mol. The van der Waals surface area contributed by atoms with Crippen LogP contribution in [0.2, 0.25) is 0 Å². The molecule has 1 aromatic heterocycles. The Labute approximate surface area is 143 Å². The van der Waals surface area contributed by atoms with Crippen molar-refractivity contribution in [1.29, 1.82) is 0 Å². The average Bonchev–Trinajstić information content (AvgIpc) is 2.99. The lowest BCUT2D eigenvalue weighted by Crippen LogP contribution is -2.44. The van der Waals surface area contributed by atoms with Crippen molar-refractivity contribution in [2.75, 3.05) is 5.75 Å². The van der Waals surface area contributed by atoms with Gasteiger partial charge in [-0.2, -0.15) is 11.8 Å². The normalized spacial score (nSPS) is 36.2. The maximum absolute atomic E-state index is 12.2. The van der Waals surface area contributed by atoms with Gasteiger partial charge in [0.25, 0.3) is 0 Å². The summed E-state index contributed by atoms with van der Waals surface area (Å²) in [6.45, 7) is 1.99. The number of thioether (sulfide) groups is 1. The van der Waals surface area contributed by atoms with Crippen molar-refractivity contribution in [2.24, 2.45) is 23.2 Å². The highest BCUT2D eigenvalue weighted by molar-refractivity contribution is 7.98. The number of carboxylic acid groups (broad SMARTS) is 1. The summed E-state index contributed by atoms with van der Waals surface area (Å²) in [6, 6.07) is -0.131. The summed E-state index contributed by atoms with van der Waals surface area (Å²) in [4.78, 5) is 28.2. The van der Waals surface area contributed by atoms with Gasteiger partial charge in [-0.05, 0) is 37.5 Å². The molecule has 5 nitrogen and oxygen atoms in total. The highest BCUT2D eigenvalue weighted by atomic mass is 32.2. The molecule has 3 atom stereocenters. The van der Waals surface area contributed by atoms with Crippen LogP contribution in [0.25, 0.3) is 0 Å². The van der Waals surface area contributed by atoms with Gasteiger partial charge in [0.05, 0.1) is 16.1 Å². The number of rotatable bonds is 7.